The van der Waals surface area contributed by atoms with E-state index in [4.69, 9.17) is 11.6 Å². The summed E-state index contributed by atoms with van der Waals surface area (Å²) < 4.78 is 0. The van der Waals surface area contributed by atoms with Gasteiger partial charge in [-0.05, 0) is 44.0 Å². The van der Waals surface area contributed by atoms with Crippen LogP contribution in [0.5, 0.6) is 0 Å². The highest BCUT2D eigenvalue weighted by Crippen LogP contribution is 2.20. The summed E-state index contributed by atoms with van der Waals surface area (Å²) in [5.41, 5.74) is 1.79. The second-order valence-corrected chi connectivity index (χ2v) is 5.27. The SMILES string of the molecule is Cc1ccc(NC(=O)CC2CCCCN2)cc1Cl. The van der Waals surface area contributed by atoms with E-state index in [9.17, 15) is 4.79 Å². The molecule has 0 saturated carbocycles. The van der Waals surface area contributed by atoms with Crippen molar-refractivity contribution in [2.24, 2.45) is 0 Å². The van der Waals surface area contributed by atoms with Gasteiger partial charge in [0.05, 0.1) is 0 Å². The molecule has 1 aromatic carbocycles. The molecule has 0 radical (unpaired) electrons. The minimum Gasteiger partial charge on any atom is -0.326 e. The predicted octanol–water partition coefficient (Wildman–Crippen LogP) is 3.12. The number of hydrogen-bond acceptors (Lipinski definition) is 2. The molecule has 0 bridgehead atoms. The average Bonchev–Trinajstić information content (AvgIpc) is 2.35. The molecule has 1 atom stereocenters. The van der Waals surface area contributed by atoms with E-state index in [0.717, 1.165) is 24.2 Å². The normalized spacial score (nSPS) is 19.6. The average molecular weight is 267 g/mol. The number of carbonyl (C=O) groups excluding carboxylic acids is 1. The Hall–Kier alpha value is -1.06. The van der Waals surface area contributed by atoms with Crippen molar-refractivity contribution in [1.29, 1.82) is 0 Å². The first-order chi connectivity index (χ1) is 8.65. The number of benzene rings is 1. The molecule has 1 unspecified atom stereocenters. The molecule has 18 heavy (non-hydrogen) atoms. The third kappa shape index (κ3) is 3.72. The van der Waals surface area contributed by atoms with E-state index in [0.29, 0.717) is 17.5 Å². The number of anilines is 1. The van der Waals surface area contributed by atoms with Crippen molar-refractivity contribution in [2.75, 3.05) is 11.9 Å². The fraction of sp³-hybridized carbons (Fsp3) is 0.500. The maximum Gasteiger partial charge on any atom is 0.225 e. The summed E-state index contributed by atoms with van der Waals surface area (Å²) in [5.74, 6) is 0.0503. The standard InChI is InChI=1S/C14H19ClN2O/c1-10-5-6-12(8-13(10)15)17-14(18)9-11-4-2-3-7-16-11/h5-6,8,11,16H,2-4,7,9H2,1H3,(H,17,18). The summed E-state index contributed by atoms with van der Waals surface area (Å²) in [5, 5.41) is 6.95. The molecule has 1 aliphatic heterocycles. The Kier molecular flexibility index (Phi) is 4.61. The second kappa shape index (κ2) is 6.21. The highest BCUT2D eigenvalue weighted by atomic mass is 35.5. The highest BCUT2D eigenvalue weighted by Gasteiger charge is 2.16. The summed E-state index contributed by atoms with van der Waals surface area (Å²) in [7, 11) is 0. The van der Waals surface area contributed by atoms with E-state index in [1.807, 2.05) is 19.1 Å². The van der Waals surface area contributed by atoms with Crippen LogP contribution in [-0.4, -0.2) is 18.5 Å². The lowest BCUT2D eigenvalue weighted by molar-refractivity contribution is -0.116. The molecule has 1 aliphatic rings. The Morgan fingerprint density at radius 2 is 2.33 bits per heavy atom. The summed E-state index contributed by atoms with van der Waals surface area (Å²) in [6.45, 7) is 2.97. The van der Waals surface area contributed by atoms with Crippen LogP contribution >= 0.6 is 11.6 Å². The van der Waals surface area contributed by atoms with Gasteiger partial charge in [-0.25, -0.2) is 0 Å². The number of hydrogen-bond donors (Lipinski definition) is 2. The van der Waals surface area contributed by atoms with E-state index >= 15 is 0 Å². The quantitative estimate of drug-likeness (QED) is 0.883. The molecular weight excluding hydrogens is 248 g/mol. The van der Waals surface area contributed by atoms with Crippen LogP contribution in [0.4, 0.5) is 5.69 Å². The van der Waals surface area contributed by atoms with E-state index in [-0.39, 0.29) is 5.91 Å². The first-order valence-corrected chi connectivity index (χ1v) is 6.82. The van der Waals surface area contributed by atoms with Gasteiger partial charge >= 0.3 is 0 Å². The van der Waals surface area contributed by atoms with Crippen LogP contribution in [0.25, 0.3) is 0 Å². The molecule has 3 nitrogen and oxygen atoms in total. The smallest absolute Gasteiger partial charge is 0.225 e. The molecule has 1 amide bonds. The summed E-state index contributed by atoms with van der Waals surface area (Å²) in [4.78, 5) is 11.9. The van der Waals surface area contributed by atoms with Gasteiger partial charge in [0.2, 0.25) is 5.91 Å². The number of halogens is 1. The van der Waals surface area contributed by atoms with Crippen LogP contribution in [0.1, 0.15) is 31.2 Å². The van der Waals surface area contributed by atoms with Crippen LogP contribution in [-0.2, 0) is 4.79 Å². The zero-order valence-electron chi connectivity index (χ0n) is 10.6. The third-order valence-electron chi connectivity index (χ3n) is 3.30. The fourth-order valence-corrected chi connectivity index (χ4v) is 2.39. The molecule has 1 saturated heterocycles. The molecule has 4 heteroatoms. The molecule has 0 aliphatic carbocycles. The molecule has 0 aromatic heterocycles. The van der Waals surface area contributed by atoms with Gasteiger partial charge in [0.25, 0.3) is 0 Å². The van der Waals surface area contributed by atoms with Gasteiger partial charge in [-0.3, -0.25) is 4.79 Å². The minimum atomic E-state index is 0.0503. The van der Waals surface area contributed by atoms with Crippen LogP contribution in [0.15, 0.2) is 18.2 Å². The summed E-state index contributed by atoms with van der Waals surface area (Å²) in [6, 6.07) is 5.91. The number of aryl methyl sites for hydroxylation is 1. The Balaban J connectivity index is 1.88. The first-order valence-electron chi connectivity index (χ1n) is 6.44. The van der Waals surface area contributed by atoms with E-state index in [1.54, 1.807) is 6.07 Å². The second-order valence-electron chi connectivity index (χ2n) is 4.86. The van der Waals surface area contributed by atoms with Gasteiger partial charge in [0, 0.05) is 23.2 Å². The van der Waals surface area contributed by atoms with Crippen LogP contribution in [0.3, 0.4) is 0 Å². The van der Waals surface area contributed by atoms with Gasteiger partial charge in [-0.15, -0.1) is 0 Å². The van der Waals surface area contributed by atoms with E-state index in [2.05, 4.69) is 10.6 Å². The van der Waals surface area contributed by atoms with Crippen LogP contribution in [0.2, 0.25) is 5.02 Å². The van der Waals surface area contributed by atoms with Crippen molar-refractivity contribution in [3.05, 3.63) is 28.8 Å². The van der Waals surface area contributed by atoms with E-state index < -0.39 is 0 Å². The molecule has 2 rings (SSSR count). The number of carbonyl (C=O) groups is 1. The largest absolute Gasteiger partial charge is 0.326 e. The zero-order valence-corrected chi connectivity index (χ0v) is 11.4. The number of nitrogens with one attached hydrogen (secondary N) is 2. The van der Waals surface area contributed by atoms with Crippen LogP contribution in [0, 0.1) is 6.92 Å². The predicted molar refractivity (Wildman–Crippen MR) is 75.1 cm³/mol. The summed E-state index contributed by atoms with van der Waals surface area (Å²) >= 11 is 6.03. The van der Waals surface area contributed by atoms with Gasteiger partial charge in [-0.1, -0.05) is 24.1 Å². The van der Waals surface area contributed by atoms with Crippen molar-refractivity contribution in [3.8, 4) is 0 Å². The molecule has 98 valence electrons. The lowest BCUT2D eigenvalue weighted by Gasteiger charge is -2.22. The molecule has 0 spiro atoms. The van der Waals surface area contributed by atoms with Gasteiger partial charge in [-0.2, -0.15) is 0 Å². The highest BCUT2D eigenvalue weighted by molar-refractivity contribution is 6.31. The summed E-state index contributed by atoms with van der Waals surface area (Å²) in [6.07, 6.45) is 4.04. The minimum absolute atomic E-state index is 0.0503. The molecule has 1 aromatic rings. The molecule has 1 fully saturated rings. The number of amides is 1. The lowest BCUT2D eigenvalue weighted by Crippen LogP contribution is -2.36. The molecule has 1 heterocycles. The molecular formula is C14H19ClN2O. The maximum atomic E-state index is 11.9. The fourth-order valence-electron chi connectivity index (χ4n) is 2.20. The molecule has 2 N–H and O–H groups in total. The number of rotatable bonds is 3. The van der Waals surface area contributed by atoms with Gasteiger partial charge in [0.15, 0.2) is 0 Å². The zero-order chi connectivity index (χ0) is 13.0. The van der Waals surface area contributed by atoms with Crippen molar-refractivity contribution in [3.63, 3.8) is 0 Å². The van der Waals surface area contributed by atoms with E-state index in [1.165, 1.54) is 12.8 Å². The van der Waals surface area contributed by atoms with Crippen molar-refractivity contribution >= 4 is 23.2 Å². The van der Waals surface area contributed by atoms with Crippen molar-refractivity contribution < 1.29 is 4.79 Å². The topological polar surface area (TPSA) is 41.1 Å². The maximum absolute atomic E-state index is 11.9. The van der Waals surface area contributed by atoms with Crippen LogP contribution < -0.4 is 10.6 Å². The Morgan fingerprint density at radius 3 is 3.00 bits per heavy atom. The van der Waals surface area contributed by atoms with Gasteiger partial charge in [0.1, 0.15) is 0 Å². The monoisotopic (exact) mass is 266 g/mol. The Morgan fingerprint density at radius 1 is 1.50 bits per heavy atom. The Labute approximate surface area is 113 Å². The first kappa shape index (κ1) is 13.4. The lowest BCUT2D eigenvalue weighted by atomic mass is 10.0. The van der Waals surface area contributed by atoms with Gasteiger partial charge < -0.3 is 10.6 Å². The number of piperidine rings is 1. The van der Waals surface area contributed by atoms with Crippen molar-refractivity contribution in [1.82, 2.24) is 5.32 Å². The third-order valence-corrected chi connectivity index (χ3v) is 3.71. The Bertz CT molecular complexity index is 428. The van der Waals surface area contributed by atoms with Crippen molar-refractivity contribution in [2.45, 2.75) is 38.6 Å².